The van der Waals surface area contributed by atoms with Crippen LogP contribution in [0.1, 0.15) is 24.1 Å². The second kappa shape index (κ2) is 8.44. The molecule has 8 nitrogen and oxygen atoms in total. The van der Waals surface area contributed by atoms with E-state index in [1.807, 2.05) is 0 Å². The molecule has 1 N–H and O–H groups in total. The molecule has 2 aromatic rings. The van der Waals surface area contributed by atoms with E-state index >= 15 is 0 Å². The standard InChI is InChI=1S/C22H23NO7/c1-11(24)23-20-14-10-15(25)17(27-2)7-6-13(14)19-12(8-16(20)26)9-18(28-3)21(29-4)22(19)30-5/h6-7,9-10,20H,8H2,1-5H3,(H,23,24)/t20-/m1/s1. The van der Waals surface area contributed by atoms with Crippen LogP contribution in [0.2, 0.25) is 0 Å². The molecule has 0 radical (unpaired) electrons. The number of methoxy groups -OCH3 is 4. The van der Waals surface area contributed by atoms with E-state index in [4.69, 9.17) is 18.9 Å². The fourth-order valence-electron chi connectivity index (χ4n) is 3.73. The number of hydrogen-bond acceptors (Lipinski definition) is 7. The molecule has 0 unspecified atom stereocenters. The Morgan fingerprint density at radius 1 is 0.933 bits per heavy atom. The highest BCUT2D eigenvalue weighted by molar-refractivity contribution is 5.98. The van der Waals surface area contributed by atoms with Crippen LogP contribution in [0.15, 0.2) is 29.1 Å². The molecule has 30 heavy (non-hydrogen) atoms. The minimum absolute atomic E-state index is 0.000708. The summed E-state index contributed by atoms with van der Waals surface area (Å²) in [6.45, 7) is 1.32. The van der Waals surface area contributed by atoms with Crippen LogP contribution in [0.25, 0.3) is 11.1 Å². The highest BCUT2D eigenvalue weighted by Crippen LogP contribution is 2.49. The summed E-state index contributed by atoms with van der Waals surface area (Å²) in [6, 6.07) is 5.23. The zero-order valence-corrected chi connectivity index (χ0v) is 17.5. The van der Waals surface area contributed by atoms with E-state index in [1.54, 1.807) is 12.1 Å². The van der Waals surface area contributed by atoms with Crippen LogP contribution in [0, 0.1) is 0 Å². The van der Waals surface area contributed by atoms with E-state index in [0.717, 1.165) is 0 Å². The van der Waals surface area contributed by atoms with Gasteiger partial charge in [0.05, 0.1) is 28.4 Å². The summed E-state index contributed by atoms with van der Waals surface area (Å²) in [6.07, 6.45) is 0.000708. The molecular formula is C22H23NO7. The smallest absolute Gasteiger partial charge is 0.220 e. The molecule has 0 spiro atoms. The molecule has 0 saturated carbocycles. The van der Waals surface area contributed by atoms with Crippen LogP contribution in [-0.4, -0.2) is 40.1 Å². The van der Waals surface area contributed by atoms with Gasteiger partial charge < -0.3 is 24.3 Å². The second-order valence-corrected chi connectivity index (χ2v) is 6.74. The number of rotatable bonds is 5. The van der Waals surface area contributed by atoms with Gasteiger partial charge in [-0.1, -0.05) is 6.07 Å². The highest BCUT2D eigenvalue weighted by Gasteiger charge is 2.33. The minimum Gasteiger partial charge on any atom is -0.493 e. The normalized spacial score (nSPS) is 14.7. The van der Waals surface area contributed by atoms with Crippen LogP contribution in [0.3, 0.4) is 0 Å². The van der Waals surface area contributed by atoms with Gasteiger partial charge in [0.1, 0.15) is 6.04 Å². The van der Waals surface area contributed by atoms with E-state index in [2.05, 4.69) is 5.32 Å². The molecule has 1 amide bonds. The first-order valence-electron chi connectivity index (χ1n) is 9.20. The van der Waals surface area contributed by atoms with Crippen molar-refractivity contribution in [1.82, 2.24) is 5.32 Å². The Kier molecular flexibility index (Phi) is 5.96. The Morgan fingerprint density at radius 3 is 2.17 bits per heavy atom. The third-order valence-electron chi connectivity index (χ3n) is 4.99. The van der Waals surface area contributed by atoms with Crippen molar-refractivity contribution in [2.45, 2.75) is 19.4 Å². The lowest BCUT2D eigenvalue weighted by Crippen LogP contribution is -2.32. The highest BCUT2D eigenvalue weighted by atomic mass is 16.5. The number of hydrogen-bond donors (Lipinski definition) is 1. The quantitative estimate of drug-likeness (QED) is 0.801. The van der Waals surface area contributed by atoms with Crippen molar-refractivity contribution < 1.29 is 28.5 Å². The Bertz CT molecular complexity index is 1080. The number of ketones is 1. The van der Waals surface area contributed by atoms with E-state index in [1.165, 1.54) is 47.5 Å². The fourth-order valence-corrected chi connectivity index (χ4v) is 3.73. The summed E-state index contributed by atoms with van der Waals surface area (Å²) < 4.78 is 21.7. The Hall–Kier alpha value is -3.55. The number of fused-ring (bicyclic) bond motifs is 3. The van der Waals surface area contributed by atoms with Crippen LogP contribution < -0.4 is 29.7 Å². The predicted octanol–water partition coefficient (Wildman–Crippen LogP) is 2.05. The molecule has 0 heterocycles. The number of Topliss-reactive ketones (excluding diaryl/α,β-unsaturated/α-hetero) is 1. The Labute approximate surface area is 173 Å². The third kappa shape index (κ3) is 3.56. The first-order valence-corrected chi connectivity index (χ1v) is 9.20. The van der Waals surface area contributed by atoms with Gasteiger partial charge in [0.2, 0.25) is 17.1 Å². The number of benzene rings is 1. The Balaban J connectivity index is 2.48. The van der Waals surface area contributed by atoms with E-state index < -0.39 is 17.4 Å². The van der Waals surface area contributed by atoms with Crippen LogP contribution in [0.4, 0.5) is 0 Å². The first kappa shape index (κ1) is 21.2. The summed E-state index contributed by atoms with van der Waals surface area (Å²) in [4.78, 5) is 37.6. The summed E-state index contributed by atoms with van der Waals surface area (Å²) in [5.74, 6) is 0.571. The number of carbonyl (C=O) groups excluding carboxylic acids is 2. The van der Waals surface area contributed by atoms with Gasteiger partial charge >= 0.3 is 0 Å². The molecule has 1 atom stereocenters. The summed E-state index contributed by atoms with van der Waals surface area (Å²) in [5.41, 5.74) is 1.70. The fraction of sp³-hybridized carbons (Fsp3) is 0.318. The lowest BCUT2D eigenvalue weighted by atomic mass is 9.95. The predicted molar refractivity (Wildman–Crippen MR) is 110 cm³/mol. The summed E-state index contributed by atoms with van der Waals surface area (Å²) in [5, 5.41) is 2.66. The van der Waals surface area contributed by atoms with Crippen molar-refractivity contribution in [2.75, 3.05) is 28.4 Å². The van der Waals surface area contributed by atoms with Gasteiger partial charge in [-0.25, -0.2) is 0 Å². The summed E-state index contributed by atoms with van der Waals surface area (Å²) >= 11 is 0. The lowest BCUT2D eigenvalue weighted by Gasteiger charge is -2.19. The third-order valence-corrected chi connectivity index (χ3v) is 4.99. The van der Waals surface area contributed by atoms with Crippen LogP contribution >= 0.6 is 0 Å². The SMILES string of the molecule is COc1cc2c(c(OC)c1OC)-c1ccc(OC)c(=O)cc1[C@@H](NC(C)=O)C(=O)C2. The van der Waals surface area contributed by atoms with Gasteiger partial charge in [-0.15, -0.1) is 0 Å². The number of nitrogens with one attached hydrogen (secondary N) is 1. The van der Waals surface area contributed by atoms with Crippen molar-refractivity contribution >= 4 is 11.7 Å². The van der Waals surface area contributed by atoms with Crippen molar-refractivity contribution in [3.63, 3.8) is 0 Å². The molecular weight excluding hydrogens is 390 g/mol. The zero-order chi connectivity index (χ0) is 22.0. The van der Waals surface area contributed by atoms with Crippen molar-refractivity contribution in [3.8, 4) is 34.1 Å². The van der Waals surface area contributed by atoms with Gasteiger partial charge in [0, 0.05) is 18.9 Å². The monoisotopic (exact) mass is 413 g/mol. The van der Waals surface area contributed by atoms with E-state index in [9.17, 15) is 14.4 Å². The molecule has 0 saturated heterocycles. The van der Waals surface area contributed by atoms with Crippen molar-refractivity contribution in [2.24, 2.45) is 0 Å². The molecule has 0 aliphatic heterocycles. The molecule has 3 rings (SSSR count). The first-order chi connectivity index (χ1) is 14.4. The zero-order valence-electron chi connectivity index (χ0n) is 17.5. The van der Waals surface area contributed by atoms with Crippen molar-refractivity contribution in [1.29, 1.82) is 0 Å². The van der Waals surface area contributed by atoms with Gasteiger partial charge in [-0.05, 0) is 34.9 Å². The molecule has 158 valence electrons. The molecule has 0 bridgehead atoms. The minimum atomic E-state index is -1.00. The van der Waals surface area contributed by atoms with Gasteiger partial charge in [0.25, 0.3) is 0 Å². The topological polar surface area (TPSA) is 100 Å². The number of ether oxygens (including phenoxy) is 4. The second-order valence-electron chi connectivity index (χ2n) is 6.74. The van der Waals surface area contributed by atoms with Gasteiger partial charge in [0.15, 0.2) is 23.0 Å². The van der Waals surface area contributed by atoms with Crippen molar-refractivity contribution in [3.05, 3.63) is 45.6 Å². The number of amides is 1. The maximum atomic E-state index is 13.1. The average molecular weight is 413 g/mol. The largest absolute Gasteiger partial charge is 0.493 e. The van der Waals surface area contributed by atoms with Gasteiger partial charge in [-0.3, -0.25) is 14.4 Å². The average Bonchev–Trinajstić information content (AvgIpc) is 2.94. The van der Waals surface area contributed by atoms with Crippen LogP contribution in [-0.2, 0) is 16.0 Å². The Morgan fingerprint density at radius 2 is 1.60 bits per heavy atom. The molecule has 1 aliphatic carbocycles. The van der Waals surface area contributed by atoms with Crippen LogP contribution in [0.5, 0.6) is 23.0 Å². The maximum absolute atomic E-state index is 13.1. The van der Waals surface area contributed by atoms with E-state index in [-0.39, 0.29) is 18.0 Å². The van der Waals surface area contributed by atoms with E-state index in [0.29, 0.717) is 39.5 Å². The lowest BCUT2D eigenvalue weighted by molar-refractivity contribution is -0.126. The summed E-state index contributed by atoms with van der Waals surface area (Å²) in [7, 11) is 5.85. The molecule has 0 fully saturated rings. The molecule has 8 heteroatoms. The molecule has 0 aromatic heterocycles. The maximum Gasteiger partial charge on any atom is 0.220 e. The molecule has 1 aliphatic rings. The molecule has 2 aromatic carbocycles. The van der Waals surface area contributed by atoms with Gasteiger partial charge in [-0.2, -0.15) is 0 Å². The number of carbonyl (C=O) groups is 2.